The summed E-state index contributed by atoms with van der Waals surface area (Å²) < 4.78 is 14.3. The van der Waals surface area contributed by atoms with Gasteiger partial charge in [0.05, 0.1) is 12.6 Å². The molecule has 0 spiro atoms. The highest BCUT2D eigenvalue weighted by atomic mass is 19.1. The van der Waals surface area contributed by atoms with Crippen molar-refractivity contribution in [3.63, 3.8) is 0 Å². The topological polar surface area (TPSA) is 73.5 Å². The van der Waals surface area contributed by atoms with E-state index in [2.05, 4.69) is 27.8 Å². The Bertz CT molecular complexity index is 571. The first-order valence-electron chi connectivity index (χ1n) is 11.2. The minimum Gasteiger partial charge on any atom is -0.355 e. The molecule has 0 aromatic heterocycles. The summed E-state index contributed by atoms with van der Waals surface area (Å²) in [7, 11) is 0. The zero-order chi connectivity index (χ0) is 19.7. The Balaban J connectivity index is 1.31. The zero-order valence-corrected chi connectivity index (χ0v) is 17.0. The van der Waals surface area contributed by atoms with E-state index in [0.29, 0.717) is 31.3 Å². The molecule has 7 heteroatoms. The molecule has 28 heavy (non-hydrogen) atoms. The summed E-state index contributed by atoms with van der Waals surface area (Å²) in [4.78, 5) is 27.1. The van der Waals surface area contributed by atoms with Gasteiger partial charge in [0, 0.05) is 37.1 Å². The Morgan fingerprint density at radius 3 is 2.86 bits per heavy atom. The van der Waals surface area contributed by atoms with Crippen molar-refractivity contribution in [3.05, 3.63) is 0 Å². The summed E-state index contributed by atoms with van der Waals surface area (Å²) in [5.74, 6) is 0.557. The molecule has 3 N–H and O–H groups in total. The van der Waals surface area contributed by atoms with E-state index in [9.17, 15) is 14.0 Å². The molecule has 0 radical (unpaired) electrons. The first-order valence-corrected chi connectivity index (χ1v) is 11.2. The molecular formula is C21H35FN4O2. The van der Waals surface area contributed by atoms with Crippen molar-refractivity contribution < 1.29 is 14.0 Å². The van der Waals surface area contributed by atoms with Gasteiger partial charge in [0.15, 0.2) is 0 Å². The smallest absolute Gasteiger partial charge is 0.237 e. The molecule has 2 saturated carbocycles. The molecule has 0 aromatic rings. The maximum atomic E-state index is 14.3. The second-order valence-electron chi connectivity index (χ2n) is 9.42. The van der Waals surface area contributed by atoms with Crippen molar-refractivity contribution in [1.82, 2.24) is 20.9 Å². The zero-order valence-electron chi connectivity index (χ0n) is 17.0. The van der Waals surface area contributed by atoms with Crippen LogP contribution in [0.1, 0.15) is 58.3 Å². The molecule has 6 nitrogen and oxygen atoms in total. The molecular weight excluding hydrogens is 359 g/mol. The second-order valence-corrected chi connectivity index (χ2v) is 9.42. The van der Waals surface area contributed by atoms with Gasteiger partial charge in [0.1, 0.15) is 6.17 Å². The fourth-order valence-corrected chi connectivity index (χ4v) is 5.87. The number of halogens is 1. The molecule has 5 unspecified atom stereocenters. The average Bonchev–Trinajstić information content (AvgIpc) is 3.03. The van der Waals surface area contributed by atoms with Gasteiger partial charge in [-0.25, -0.2) is 4.39 Å². The second kappa shape index (κ2) is 8.66. The van der Waals surface area contributed by atoms with Crippen LogP contribution in [0, 0.1) is 11.8 Å². The highest BCUT2D eigenvalue weighted by molar-refractivity contribution is 5.82. The largest absolute Gasteiger partial charge is 0.355 e. The summed E-state index contributed by atoms with van der Waals surface area (Å²) >= 11 is 0. The van der Waals surface area contributed by atoms with E-state index in [-0.39, 0.29) is 35.9 Å². The number of amides is 2. The monoisotopic (exact) mass is 394 g/mol. The summed E-state index contributed by atoms with van der Waals surface area (Å²) in [6.45, 7) is 4.33. The normalized spacial score (nSPS) is 42.4. The van der Waals surface area contributed by atoms with Crippen LogP contribution in [0.25, 0.3) is 0 Å². The Morgan fingerprint density at radius 1 is 1.18 bits per heavy atom. The minimum atomic E-state index is -0.778. The van der Waals surface area contributed by atoms with Crippen molar-refractivity contribution in [2.24, 2.45) is 11.8 Å². The Kier molecular flexibility index (Phi) is 6.21. The number of nitrogens with zero attached hydrogens (tertiary/aromatic N) is 1. The summed E-state index contributed by atoms with van der Waals surface area (Å²) in [6.07, 6.45) is 6.40. The Morgan fingerprint density at radius 2 is 2.04 bits per heavy atom. The number of rotatable bonds is 3. The predicted molar refractivity (Wildman–Crippen MR) is 105 cm³/mol. The standard InChI is InChI=1S/C21H35FN4O2/c1-13-6-7-17(22)16-11-18(25-20(13)16)21(28)24-14-4-2-5-15(10-14)26-9-3-8-23-19(27)12-26/h13-18,20,25H,2-12H2,1H3,(H,23,27)(H,24,28)/t13?,14-,15-,16?,17?,18?,20?/m1/s1. The molecule has 2 amide bonds. The van der Waals surface area contributed by atoms with Crippen LogP contribution in [0.3, 0.4) is 0 Å². The van der Waals surface area contributed by atoms with Gasteiger partial charge < -0.3 is 16.0 Å². The van der Waals surface area contributed by atoms with Crippen molar-refractivity contribution in [1.29, 1.82) is 0 Å². The third-order valence-corrected chi connectivity index (χ3v) is 7.45. The van der Waals surface area contributed by atoms with Gasteiger partial charge in [-0.05, 0) is 57.3 Å². The summed E-state index contributed by atoms with van der Waals surface area (Å²) in [5, 5.41) is 9.62. The lowest BCUT2D eigenvalue weighted by Gasteiger charge is -2.37. The lowest BCUT2D eigenvalue weighted by molar-refractivity contribution is -0.125. The molecule has 0 bridgehead atoms. The predicted octanol–water partition coefficient (Wildman–Crippen LogP) is 1.35. The SMILES string of the molecule is CC1CCC(F)C2CC(C(=O)N[C@@H]3CCC[C@@H](N4CCCNC(=O)C4)C3)NC12. The lowest BCUT2D eigenvalue weighted by Crippen LogP contribution is -2.51. The molecule has 2 heterocycles. The fraction of sp³-hybridized carbons (Fsp3) is 0.905. The van der Waals surface area contributed by atoms with Gasteiger partial charge in [-0.2, -0.15) is 0 Å². The van der Waals surface area contributed by atoms with Crippen LogP contribution >= 0.6 is 0 Å². The number of fused-ring (bicyclic) bond motifs is 1. The van der Waals surface area contributed by atoms with Crippen molar-refractivity contribution in [2.75, 3.05) is 19.6 Å². The number of nitrogens with one attached hydrogen (secondary N) is 3. The molecule has 7 atom stereocenters. The van der Waals surface area contributed by atoms with Gasteiger partial charge in [-0.3, -0.25) is 14.5 Å². The Labute approximate surface area is 167 Å². The van der Waals surface area contributed by atoms with Crippen LogP contribution in [-0.2, 0) is 9.59 Å². The molecule has 2 saturated heterocycles. The highest BCUT2D eigenvalue weighted by Gasteiger charge is 2.46. The molecule has 2 aliphatic heterocycles. The number of carbonyl (C=O) groups excluding carboxylic acids is 2. The Hall–Kier alpha value is -1.21. The number of alkyl halides is 1. The third-order valence-electron chi connectivity index (χ3n) is 7.45. The van der Waals surface area contributed by atoms with Gasteiger partial charge in [-0.1, -0.05) is 6.92 Å². The van der Waals surface area contributed by atoms with E-state index in [0.717, 1.165) is 51.6 Å². The van der Waals surface area contributed by atoms with E-state index < -0.39 is 6.17 Å². The van der Waals surface area contributed by atoms with E-state index in [1.807, 2.05) is 0 Å². The maximum absolute atomic E-state index is 14.3. The first-order chi connectivity index (χ1) is 13.5. The third kappa shape index (κ3) is 4.35. The first kappa shape index (κ1) is 20.1. The van der Waals surface area contributed by atoms with E-state index in [1.54, 1.807) is 0 Å². The number of hydrogen-bond donors (Lipinski definition) is 3. The quantitative estimate of drug-likeness (QED) is 0.676. The van der Waals surface area contributed by atoms with Crippen molar-refractivity contribution >= 4 is 11.8 Å². The molecule has 158 valence electrons. The van der Waals surface area contributed by atoms with E-state index in [1.165, 1.54) is 0 Å². The molecule has 4 aliphatic rings. The van der Waals surface area contributed by atoms with Crippen LogP contribution < -0.4 is 16.0 Å². The number of carbonyl (C=O) groups is 2. The molecule has 4 rings (SSSR count). The van der Waals surface area contributed by atoms with Crippen LogP contribution in [-0.4, -0.2) is 66.7 Å². The van der Waals surface area contributed by atoms with E-state index in [4.69, 9.17) is 0 Å². The van der Waals surface area contributed by atoms with Crippen LogP contribution in [0.4, 0.5) is 4.39 Å². The van der Waals surface area contributed by atoms with Gasteiger partial charge in [0.2, 0.25) is 11.8 Å². The van der Waals surface area contributed by atoms with Gasteiger partial charge >= 0.3 is 0 Å². The van der Waals surface area contributed by atoms with Gasteiger partial charge in [-0.15, -0.1) is 0 Å². The summed E-state index contributed by atoms with van der Waals surface area (Å²) in [6, 6.07) is 0.380. The molecule has 2 aliphatic carbocycles. The summed E-state index contributed by atoms with van der Waals surface area (Å²) in [5.41, 5.74) is 0. The van der Waals surface area contributed by atoms with Gasteiger partial charge in [0.25, 0.3) is 0 Å². The fourth-order valence-electron chi connectivity index (χ4n) is 5.87. The van der Waals surface area contributed by atoms with Crippen molar-refractivity contribution in [2.45, 2.75) is 88.6 Å². The van der Waals surface area contributed by atoms with Crippen LogP contribution in [0.15, 0.2) is 0 Å². The van der Waals surface area contributed by atoms with Crippen molar-refractivity contribution in [3.8, 4) is 0 Å². The lowest BCUT2D eigenvalue weighted by atomic mass is 9.77. The maximum Gasteiger partial charge on any atom is 0.237 e. The van der Waals surface area contributed by atoms with Crippen LogP contribution in [0.5, 0.6) is 0 Å². The van der Waals surface area contributed by atoms with E-state index >= 15 is 0 Å². The highest BCUT2D eigenvalue weighted by Crippen LogP contribution is 2.38. The van der Waals surface area contributed by atoms with Crippen LogP contribution in [0.2, 0.25) is 0 Å². The average molecular weight is 395 g/mol. The minimum absolute atomic E-state index is 0.0192. The number of hydrogen-bond acceptors (Lipinski definition) is 4. The molecule has 4 fully saturated rings. The molecule has 0 aromatic carbocycles.